The standard InChI is InChI=1S/C27H27N7O7S2/c1-15(2)10-12-34-26-19(7-4-11-29-26)23(35)22(27(34)37)25-30-20-9-8-18(14-21(20)42(38,39)33-25)32-43(40,41)31-17-6-3-5-16(13-17)24(28)36/h3-9,11,13-15,22,31-32H,10,12H2,1-2H3,(H2,28,36)(H,30,33). The van der Waals surface area contributed by atoms with Gasteiger partial charge in [0.1, 0.15) is 16.5 Å². The third-order valence-corrected chi connectivity index (χ3v) is 9.02. The van der Waals surface area contributed by atoms with Gasteiger partial charge >= 0.3 is 10.2 Å². The van der Waals surface area contributed by atoms with E-state index < -0.39 is 43.7 Å². The topological polar surface area (TPSA) is 210 Å². The van der Waals surface area contributed by atoms with Gasteiger partial charge in [-0.1, -0.05) is 19.9 Å². The number of aromatic nitrogens is 1. The lowest BCUT2D eigenvalue weighted by molar-refractivity contribution is -0.119. The lowest BCUT2D eigenvalue weighted by Gasteiger charge is -2.34. The molecule has 16 heteroatoms. The van der Waals surface area contributed by atoms with Crippen molar-refractivity contribution >= 4 is 66.5 Å². The van der Waals surface area contributed by atoms with Crippen molar-refractivity contribution in [1.29, 1.82) is 0 Å². The molecular formula is C27H27N7O7S2. The Morgan fingerprint density at radius 1 is 1.07 bits per heavy atom. The molecule has 2 amide bonds. The summed E-state index contributed by atoms with van der Waals surface area (Å²) in [7, 11) is -8.77. The first-order valence-electron chi connectivity index (χ1n) is 13.0. The van der Waals surface area contributed by atoms with Gasteiger partial charge in [0.05, 0.1) is 22.6 Å². The number of hydrogen-bond donors (Lipinski definition) is 4. The molecule has 3 heterocycles. The monoisotopic (exact) mass is 625 g/mol. The number of amidine groups is 1. The average Bonchev–Trinajstić information content (AvgIpc) is 2.92. The summed E-state index contributed by atoms with van der Waals surface area (Å²) < 4.78 is 60.2. The highest BCUT2D eigenvalue weighted by molar-refractivity contribution is 7.94. The number of nitrogens with zero attached hydrogens (tertiary/aromatic N) is 3. The van der Waals surface area contributed by atoms with E-state index in [1.807, 2.05) is 13.8 Å². The molecule has 0 saturated carbocycles. The Balaban J connectivity index is 1.42. The summed E-state index contributed by atoms with van der Waals surface area (Å²) in [4.78, 5) is 43.7. The zero-order valence-electron chi connectivity index (χ0n) is 22.9. The molecule has 0 fully saturated rings. The van der Waals surface area contributed by atoms with E-state index in [0.717, 1.165) is 6.07 Å². The summed E-state index contributed by atoms with van der Waals surface area (Å²) in [5.41, 5.74) is 5.42. The van der Waals surface area contributed by atoms with Gasteiger partial charge in [0, 0.05) is 18.3 Å². The molecule has 1 unspecified atom stereocenters. The number of rotatable bonds is 9. The van der Waals surface area contributed by atoms with Gasteiger partial charge in [0.15, 0.2) is 11.7 Å². The third-order valence-electron chi connectivity index (χ3n) is 6.68. The summed E-state index contributed by atoms with van der Waals surface area (Å²) in [5.74, 6) is -3.51. The number of carbonyl (C=O) groups excluding carboxylic acids is 3. The van der Waals surface area contributed by atoms with Crippen LogP contribution in [0.3, 0.4) is 0 Å². The first-order valence-corrected chi connectivity index (χ1v) is 15.9. The second kappa shape index (κ2) is 11.1. The van der Waals surface area contributed by atoms with Crippen LogP contribution in [-0.4, -0.2) is 51.8 Å². The lowest BCUT2D eigenvalue weighted by atomic mass is 9.90. The van der Waals surface area contributed by atoms with E-state index in [9.17, 15) is 31.2 Å². The van der Waals surface area contributed by atoms with Crippen LogP contribution in [0.4, 0.5) is 22.9 Å². The molecule has 2 aliphatic rings. The molecular weight excluding hydrogens is 598 g/mol. The predicted octanol–water partition coefficient (Wildman–Crippen LogP) is 2.35. The normalized spacial score (nSPS) is 17.4. The van der Waals surface area contributed by atoms with Crippen molar-refractivity contribution in [2.75, 3.05) is 26.2 Å². The SMILES string of the molecule is CC(C)CCN1C(=O)C(C2=NS(=O)(=O)c3cc(NS(=O)(=O)Nc4cccc(C(N)=O)c4)ccc3N2)C(=O)c2cccnc21. The van der Waals surface area contributed by atoms with Crippen LogP contribution in [0.15, 0.2) is 70.1 Å². The first kappa shape index (κ1) is 29.7. The third kappa shape index (κ3) is 6.05. The number of nitrogens with two attached hydrogens (primary N) is 1. The molecule has 0 bridgehead atoms. The lowest BCUT2D eigenvalue weighted by Crippen LogP contribution is -2.51. The predicted molar refractivity (Wildman–Crippen MR) is 160 cm³/mol. The Morgan fingerprint density at radius 2 is 1.79 bits per heavy atom. The molecule has 1 aromatic heterocycles. The van der Waals surface area contributed by atoms with Gasteiger partial charge in [0.2, 0.25) is 11.8 Å². The minimum absolute atomic E-state index is 0.00128. The van der Waals surface area contributed by atoms with Crippen molar-refractivity contribution < 1.29 is 31.2 Å². The number of hydrogen-bond acceptors (Lipinski definition) is 9. The van der Waals surface area contributed by atoms with Crippen LogP contribution in [0.2, 0.25) is 0 Å². The molecule has 0 spiro atoms. The number of anilines is 4. The summed E-state index contributed by atoms with van der Waals surface area (Å²) in [5, 5.41) is 2.79. The number of ketones is 1. The molecule has 14 nitrogen and oxygen atoms in total. The maximum Gasteiger partial charge on any atom is 0.321 e. The molecule has 0 saturated heterocycles. The summed E-state index contributed by atoms with van der Waals surface area (Å²) in [6.45, 7) is 4.24. The summed E-state index contributed by atoms with van der Waals surface area (Å²) >= 11 is 0. The van der Waals surface area contributed by atoms with E-state index in [-0.39, 0.29) is 57.2 Å². The van der Waals surface area contributed by atoms with Crippen LogP contribution in [-0.2, 0) is 25.0 Å². The van der Waals surface area contributed by atoms with Crippen LogP contribution in [0.25, 0.3) is 0 Å². The number of carbonyl (C=O) groups is 3. The van der Waals surface area contributed by atoms with Crippen molar-refractivity contribution in [2.24, 2.45) is 22.0 Å². The van der Waals surface area contributed by atoms with Gasteiger partial charge in [-0.2, -0.15) is 16.8 Å². The number of pyridine rings is 1. The highest BCUT2D eigenvalue weighted by Crippen LogP contribution is 2.35. The molecule has 43 heavy (non-hydrogen) atoms. The summed E-state index contributed by atoms with van der Waals surface area (Å²) in [6, 6.07) is 12.2. The van der Waals surface area contributed by atoms with Gasteiger partial charge in [-0.15, -0.1) is 4.40 Å². The van der Waals surface area contributed by atoms with Gasteiger partial charge < -0.3 is 11.1 Å². The highest BCUT2D eigenvalue weighted by Gasteiger charge is 2.45. The fraction of sp³-hybridized carbons (Fsp3) is 0.222. The number of Topliss-reactive ketones (excluding diaryl/α,β-unsaturated/α-hetero) is 1. The number of nitrogens with one attached hydrogen (secondary N) is 3. The van der Waals surface area contributed by atoms with Crippen molar-refractivity contribution in [3.63, 3.8) is 0 Å². The number of benzene rings is 2. The molecule has 0 radical (unpaired) electrons. The van der Waals surface area contributed by atoms with Crippen LogP contribution >= 0.6 is 0 Å². The van der Waals surface area contributed by atoms with Crippen molar-refractivity contribution in [3.05, 3.63) is 71.9 Å². The van der Waals surface area contributed by atoms with Gasteiger partial charge in [0.25, 0.3) is 10.0 Å². The van der Waals surface area contributed by atoms with Crippen molar-refractivity contribution in [3.8, 4) is 0 Å². The maximum atomic E-state index is 13.6. The van der Waals surface area contributed by atoms with Crippen LogP contribution in [0.5, 0.6) is 0 Å². The van der Waals surface area contributed by atoms with E-state index in [1.54, 1.807) is 6.07 Å². The van der Waals surface area contributed by atoms with Crippen LogP contribution in [0, 0.1) is 11.8 Å². The van der Waals surface area contributed by atoms with Gasteiger partial charge in [-0.05, 0) is 60.9 Å². The number of amides is 2. The van der Waals surface area contributed by atoms with E-state index >= 15 is 0 Å². The highest BCUT2D eigenvalue weighted by atomic mass is 32.2. The molecule has 1 atom stereocenters. The number of fused-ring (bicyclic) bond motifs is 2. The maximum absolute atomic E-state index is 13.6. The second-order valence-electron chi connectivity index (χ2n) is 10.3. The van der Waals surface area contributed by atoms with Gasteiger partial charge in [-0.3, -0.25) is 28.7 Å². The number of sulfonamides is 1. The fourth-order valence-electron chi connectivity index (χ4n) is 4.62. The Morgan fingerprint density at radius 3 is 2.49 bits per heavy atom. The van der Waals surface area contributed by atoms with Gasteiger partial charge in [-0.25, -0.2) is 4.98 Å². The molecule has 2 aliphatic heterocycles. The van der Waals surface area contributed by atoms with E-state index in [1.165, 1.54) is 53.6 Å². The Kier molecular flexibility index (Phi) is 7.66. The van der Waals surface area contributed by atoms with Crippen molar-refractivity contribution in [1.82, 2.24) is 4.98 Å². The molecule has 5 rings (SSSR count). The quantitative estimate of drug-likeness (QED) is 0.257. The fourth-order valence-corrected chi connectivity index (χ4v) is 6.72. The first-order chi connectivity index (χ1) is 20.3. The Labute approximate surface area is 247 Å². The largest absolute Gasteiger partial charge is 0.366 e. The summed E-state index contributed by atoms with van der Waals surface area (Å²) in [6.07, 6.45) is 2.09. The minimum atomic E-state index is -4.48. The Bertz CT molecular complexity index is 1910. The number of primary amides is 1. The van der Waals surface area contributed by atoms with E-state index in [4.69, 9.17) is 5.73 Å². The zero-order chi connectivity index (χ0) is 31.1. The molecule has 0 aliphatic carbocycles. The molecule has 3 aromatic rings. The van der Waals surface area contributed by atoms with Crippen LogP contribution in [0.1, 0.15) is 41.0 Å². The zero-order valence-corrected chi connectivity index (χ0v) is 24.6. The smallest absolute Gasteiger partial charge is 0.321 e. The van der Waals surface area contributed by atoms with E-state index in [2.05, 4.69) is 24.1 Å². The second-order valence-corrected chi connectivity index (χ2v) is 13.3. The molecule has 2 aromatic carbocycles. The molecule has 5 N–H and O–H groups in total. The Hall–Kier alpha value is -4.83. The van der Waals surface area contributed by atoms with Crippen molar-refractivity contribution in [2.45, 2.75) is 25.2 Å². The van der Waals surface area contributed by atoms with E-state index in [0.29, 0.717) is 6.42 Å². The minimum Gasteiger partial charge on any atom is -0.366 e. The van der Waals surface area contributed by atoms with Crippen LogP contribution < -0.4 is 25.4 Å². The average molecular weight is 626 g/mol. The molecule has 224 valence electrons.